The van der Waals surface area contributed by atoms with Gasteiger partial charge in [0.2, 0.25) is 0 Å². The maximum absolute atomic E-state index is 13.4. The summed E-state index contributed by atoms with van der Waals surface area (Å²) in [4.78, 5) is 11.1. The molecule has 6 nitrogen and oxygen atoms in total. The molecule has 0 fully saturated rings. The lowest BCUT2D eigenvalue weighted by Gasteiger charge is -2.26. The van der Waals surface area contributed by atoms with Gasteiger partial charge in [0.05, 0.1) is 12.1 Å². The highest BCUT2D eigenvalue weighted by molar-refractivity contribution is 5.65. The normalized spacial score (nSPS) is 14.3. The van der Waals surface area contributed by atoms with Gasteiger partial charge in [-0.25, -0.2) is 13.6 Å². The molecule has 0 saturated heterocycles. The monoisotopic (exact) mass is 394 g/mol. The molecule has 5 N–H and O–H groups in total. The molecule has 2 aromatic carbocycles. The average molecular weight is 394 g/mol. The summed E-state index contributed by atoms with van der Waals surface area (Å²) in [5, 5.41) is 34.1. The third-order valence-corrected chi connectivity index (χ3v) is 4.34. The van der Waals surface area contributed by atoms with Crippen LogP contribution in [0.1, 0.15) is 23.6 Å². The van der Waals surface area contributed by atoms with E-state index in [2.05, 4.69) is 10.6 Å². The molecule has 0 bridgehead atoms. The predicted octanol–water partition coefficient (Wildman–Crippen LogP) is 2.22. The summed E-state index contributed by atoms with van der Waals surface area (Å²) >= 11 is 0. The lowest BCUT2D eigenvalue weighted by molar-refractivity contribution is 0.113. The smallest absolute Gasteiger partial charge is 0.404 e. The quantitative estimate of drug-likeness (QED) is 0.425. The van der Waals surface area contributed by atoms with Crippen LogP contribution in [-0.2, 0) is 6.42 Å². The van der Waals surface area contributed by atoms with Gasteiger partial charge < -0.3 is 26.0 Å². The van der Waals surface area contributed by atoms with E-state index >= 15 is 0 Å². The number of carboxylic acid groups (broad SMARTS) is 1. The van der Waals surface area contributed by atoms with Gasteiger partial charge >= 0.3 is 6.09 Å². The molecular formula is C20H24F2N2O4. The molecule has 0 aromatic heterocycles. The molecule has 0 spiro atoms. The van der Waals surface area contributed by atoms with Crippen molar-refractivity contribution >= 4 is 6.09 Å². The number of aliphatic hydroxyl groups is 2. The van der Waals surface area contributed by atoms with Crippen LogP contribution in [0.4, 0.5) is 13.6 Å². The third kappa shape index (κ3) is 6.88. The fourth-order valence-corrected chi connectivity index (χ4v) is 3.03. The standard InChI is InChI=1S/C20H24F2N2O4/c21-15-8-13(9-16(22)11-15)10-18(24-20(27)28)19(26)12-23-17(6-7-25)14-4-2-1-3-5-14/h1-5,8-9,11,17-19,23-26H,6-7,10,12H2,(H,27,28)/t17?,18-,19-/m0/s1. The van der Waals surface area contributed by atoms with E-state index in [1.165, 1.54) is 0 Å². The van der Waals surface area contributed by atoms with Crippen molar-refractivity contribution in [3.8, 4) is 0 Å². The minimum Gasteiger partial charge on any atom is -0.465 e. The molecule has 28 heavy (non-hydrogen) atoms. The van der Waals surface area contributed by atoms with E-state index in [0.717, 1.165) is 23.8 Å². The van der Waals surface area contributed by atoms with Crippen LogP contribution in [0, 0.1) is 11.6 Å². The Bertz CT molecular complexity index is 741. The second kappa shape index (κ2) is 10.7. The fourth-order valence-electron chi connectivity index (χ4n) is 3.03. The van der Waals surface area contributed by atoms with Gasteiger partial charge in [-0.3, -0.25) is 0 Å². The first kappa shape index (κ1) is 21.7. The largest absolute Gasteiger partial charge is 0.465 e. The molecule has 2 aromatic rings. The summed E-state index contributed by atoms with van der Waals surface area (Å²) in [6, 6.07) is 11.0. The van der Waals surface area contributed by atoms with E-state index in [9.17, 15) is 23.8 Å². The molecular weight excluding hydrogens is 370 g/mol. The summed E-state index contributed by atoms with van der Waals surface area (Å²) in [5.74, 6) is -1.55. The Morgan fingerprint density at radius 3 is 2.29 bits per heavy atom. The Labute approximate surface area is 161 Å². The van der Waals surface area contributed by atoms with Crippen LogP contribution in [0.2, 0.25) is 0 Å². The van der Waals surface area contributed by atoms with Crippen molar-refractivity contribution in [3.05, 3.63) is 71.3 Å². The highest BCUT2D eigenvalue weighted by Gasteiger charge is 2.23. The molecule has 0 aliphatic rings. The maximum Gasteiger partial charge on any atom is 0.404 e. The average Bonchev–Trinajstić information content (AvgIpc) is 2.64. The second-order valence-electron chi connectivity index (χ2n) is 6.49. The number of amides is 1. The van der Waals surface area contributed by atoms with Crippen molar-refractivity contribution in [1.82, 2.24) is 10.6 Å². The van der Waals surface area contributed by atoms with Crippen LogP contribution in [0.5, 0.6) is 0 Å². The Kier molecular flexibility index (Phi) is 8.31. The van der Waals surface area contributed by atoms with E-state index in [1.807, 2.05) is 30.3 Å². The van der Waals surface area contributed by atoms with Crippen molar-refractivity contribution in [3.63, 3.8) is 0 Å². The molecule has 3 atom stereocenters. The van der Waals surface area contributed by atoms with Crippen LogP contribution in [0.3, 0.4) is 0 Å². The number of halogens is 2. The van der Waals surface area contributed by atoms with Crippen molar-refractivity contribution in [1.29, 1.82) is 0 Å². The van der Waals surface area contributed by atoms with Gasteiger partial charge in [-0.15, -0.1) is 0 Å². The number of benzene rings is 2. The zero-order valence-electron chi connectivity index (χ0n) is 15.2. The predicted molar refractivity (Wildman–Crippen MR) is 99.9 cm³/mol. The molecule has 2 rings (SSSR count). The number of nitrogens with one attached hydrogen (secondary N) is 2. The van der Waals surface area contributed by atoms with Crippen LogP contribution in [0.15, 0.2) is 48.5 Å². The summed E-state index contributed by atoms with van der Waals surface area (Å²) in [7, 11) is 0. The topological polar surface area (TPSA) is 102 Å². The Hall–Kier alpha value is -2.55. The van der Waals surface area contributed by atoms with Crippen LogP contribution in [0.25, 0.3) is 0 Å². The van der Waals surface area contributed by atoms with Gasteiger partial charge in [-0.2, -0.15) is 0 Å². The van der Waals surface area contributed by atoms with Gasteiger partial charge in [0.15, 0.2) is 0 Å². The molecule has 0 aliphatic heterocycles. The highest BCUT2D eigenvalue weighted by Crippen LogP contribution is 2.17. The zero-order valence-corrected chi connectivity index (χ0v) is 15.2. The van der Waals surface area contributed by atoms with Crippen molar-refractivity contribution in [2.45, 2.75) is 31.0 Å². The first-order chi connectivity index (χ1) is 13.4. The first-order valence-corrected chi connectivity index (χ1v) is 8.90. The lowest BCUT2D eigenvalue weighted by Crippen LogP contribution is -2.48. The van der Waals surface area contributed by atoms with Gasteiger partial charge in [-0.05, 0) is 36.1 Å². The number of rotatable bonds is 10. The zero-order chi connectivity index (χ0) is 20.5. The molecule has 0 heterocycles. The first-order valence-electron chi connectivity index (χ1n) is 8.90. The summed E-state index contributed by atoms with van der Waals surface area (Å²) in [6.45, 7) is -0.0513. The molecule has 0 radical (unpaired) electrons. The number of carbonyl (C=O) groups is 1. The SMILES string of the molecule is O=C(O)N[C@@H](Cc1cc(F)cc(F)c1)[C@@H](O)CNC(CCO)c1ccccc1. The third-order valence-electron chi connectivity index (χ3n) is 4.34. The van der Waals surface area contributed by atoms with Crippen molar-refractivity contribution < 1.29 is 28.9 Å². The Balaban J connectivity index is 2.06. The van der Waals surface area contributed by atoms with Crippen LogP contribution >= 0.6 is 0 Å². The van der Waals surface area contributed by atoms with Gasteiger partial charge in [0, 0.05) is 25.3 Å². The van der Waals surface area contributed by atoms with E-state index in [4.69, 9.17) is 5.11 Å². The number of hydrogen-bond acceptors (Lipinski definition) is 4. The molecule has 8 heteroatoms. The molecule has 1 amide bonds. The second-order valence-corrected chi connectivity index (χ2v) is 6.49. The fraction of sp³-hybridized carbons (Fsp3) is 0.350. The molecule has 152 valence electrons. The van der Waals surface area contributed by atoms with Crippen molar-refractivity contribution in [2.24, 2.45) is 0 Å². The lowest BCUT2D eigenvalue weighted by atomic mass is 9.99. The minimum absolute atomic E-state index is 0.0162. The van der Waals surface area contributed by atoms with Crippen LogP contribution < -0.4 is 10.6 Å². The molecule has 0 saturated carbocycles. The number of hydrogen-bond donors (Lipinski definition) is 5. The molecule has 1 unspecified atom stereocenters. The summed E-state index contributed by atoms with van der Waals surface area (Å²) < 4.78 is 26.8. The molecule has 0 aliphatic carbocycles. The summed E-state index contributed by atoms with van der Waals surface area (Å²) in [6.07, 6.45) is -2.19. The summed E-state index contributed by atoms with van der Waals surface area (Å²) in [5.41, 5.74) is 1.14. The van der Waals surface area contributed by atoms with Crippen LogP contribution in [-0.4, -0.2) is 46.7 Å². The van der Waals surface area contributed by atoms with Crippen molar-refractivity contribution in [2.75, 3.05) is 13.2 Å². The maximum atomic E-state index is 13.4. The van der Waals surface area contributed by atoms with E-state index in [1.54, 1.807) is 0 Å². The van der Waals surface area contributed by atoms with E-state index < -0.39 is 29.9 Å². The Morgan fingerprint density at radius 1 is 1.07 bits per heavy atom. The minimum atomic E-state index is -1.35. The van der Waals surface area contributed by atoms with E-state index in [-0.39, 0.29) is 31.2 Å². The number of aliphatic hydroxyl groups excluding tert-OH is 2. The Morgan fingerprint density at radius 2 is 1.71 bits per heavy atom. The highest BCUT2D eigenvalue weighted by atomic mass is 19.1. The van der Waals surface area contributed by atoms with E-state index in [0.29, 0.717) is 6.42 Å². The van der Waals surface area contributed by atoms with Gasteiger partial charge in [0.1, 0.15) is 11.6 Å². The van der Waals surface area contributed by atoms with Gasteiger partial charge in [0.25, 0.3) is 0 Å². The van der Waals surface area contributed by atoms with Gasteiger partial charge in [-0.1, -0.05) is 30.3 Å².